The van der Waals surface area contributed by atoms with Gasteiger partial charge in [0, 0.05) is 6.42 Å². The minimum Gasteiger partial charge on any atom is -0.493 e. The molecule has 0 aliphatic rings. The molecule has 0 aromatic heterocycles. The second kappa shape index (κ2) is 8.92. The molecule has 0 bridgehead atoms. The summed E-state index contributed by atoms with van der Waals surface area (Å²) in [4.78, 5) is 0.527. The van der Waals surface area contributed by atoms with Gasteiger partial charge in [0.15, 0.2) is 0 Å². The quantitative estimate of drug-likeness (QED) is 0.691. The Morgan fingerprint density at radius 2 is 1.95 bits per heavy atom. The summed E-state index contributed by atoms with van der Waals surface area (Å²) in [6.45, 7) is 5.27. The Hall–Kier alpha value is -1.09. The van der Waals surface area contributed by atoms with Gasteiger partial charge < -0.3 is 10.5 Å². The Labute approximate surface area is 122 Å². The Morgan fingerprint density at radius 3 is 2.47 bits per heavy atom. The van der Waals surface area contributed by atoms with Crippen molar-refractivity contribution in [3.05, 3.63) is 29.8 Å². The van der Waals surface area contributed by atoms with E-state index in [-0.39, 0.29) is 0 Å². The molecule has 0 radical (unpaired) electrons. The van der Waals surface area contributed by atoms with Gasteiger partial charge in [-0.15, -0.1) is 0 Å². The van der Waals surface area contributed by atoms with E-state index in [0.29, 0.717) is 17.3 Å². The predicted molar refractivity (Wildman–Crippen MR) is 85.7 cm³/mol. The number of hydrogen-bond acceptors (Lipinski definition) is 2. The first-order chi connectivity index (χ1) is 9.15. The first-order valence-electron chi connectivity index (χ1n) is 7.15. The molecule has 106 valence electrons. The number of thiocarbonyl (C=S) groups is 1. The lowest BCUT2D eigenvalue weighted by Gasteiger charge is -2.15. The van der Waals surface area contributed by atoms with Gasteiger partial charge in [0.25, 0.3) is 0 Å². The first-order valence-corrected chi connectivity index (χ1v) is 7.56. The van der Waals surface area contributed by atoms with E-state index >= 15 is 0 Å². The minimum atomic E-state index is 0.527. The zero-order chi connectivity index (χ0) is 14.1. The summed E-state index contributed by atoms with van der Waals surface area (Å²) < 4.78 is 5.85. The van der Waals surface area contributed by atoms with Crippen molar-refractivity contribution in [2.45, 2.75) is 46.0 Å². The summed E-state index contributed by atoms with van der Waals surface area (Å²) >= 11 is 4.90. The normalized spacial score (nSPS) is 12.1. The van der Waals surface area contributed by atoms with E-state index in [4.69, 9.17) is 22.7 Å². The van der Waals surface area contributed by atoms with Gasteiger partial charge in [-0.1, -0.05) is 57.5 Å². The van der Waals surface area contributed by atoms with Crippen molar-refractivity contribution in [1.82, 2.24) is 0 Å². The van der Waals surface area contributed by atoms with Gasteiger partial charge in [-0.2, -0.15) is 0 Å². The lowest BCUT2D eigenvalue weighted by atomic mass is 10.0. The van der Waals surface area contributed by atoms with Crippen LogP contribution in [0.15, 0.2) is 24.3 Å². The number of benzene rings is 1. The summed E-state index contributed by atoms with van der Waals surface area (Å²) in [5.74, 6) is 1.60. The van der Waals surface area contributed by atoms with Crippen molar-refractivity contribution in [1.29, 1.82) is 0 Å². The topological polar surface area (TPSA) is 35.2 Å². The highest BCUT2D eigenvalue weighted by atomic mass is 32.1. The molecule has 0 fully saturated rings. The molecule has 0 aliphatic heterocycles. The van der Waals surface area contributed by atoms with Gasteiger partial charge in [0.2, 0.25) is 0 Å². The molecule has 1 atom stereocenters. The summed E-state index contributed by atoms with van der Waals surface area (Å²) in [5.41, 5.74) is 6.66. The molecule has 1 unspecified atom stereocenters. The van der Waals surface area contributed by atoms with Gasteiger partial charge in [-0.05, 0) is 30.0 Å². The lowest BCUT2D eigenvalue weighted by Crippen LogP contribution is -2.12. The van der Waals surface area contributed by atoms with Crippen LogP contribution in [0.1, 0.15) is 45.1 Å². The third-order valence-corrected chi connectivity index (χ3v) is 3.48. The van der Waals surface area contributed by atoms with Crippen LogP contribution in [0.4, 0.5) is 0 Å². The molecule has 2 nitrogen and oxygen atoms in total. The van der Waals surface area contributed by atoms with Crippen LogP contribution in [0, 0.1) is 5.92 Å². The Kier molecular flexibility index (Phi) is 7.49. The Bertz CT molecular complexity index is 375. The molecule has 1 rings (SSSR count). The van der Waals surface area contributed by atoms with E-state index in [1.165, 1.54) is 25.7 Å². The third-order valence-electron chi connectivity index (χ3n) is 3.33. The monoisotopic (exact) mass is 279 g/mol. The smallest absolute Gasteiger partial charge is 0.119 e. The van der Waals surface area contributed by atoms with Gasteiger partial charge in [-0.25, -0.2) is 0 Å². The number of nitrogens with two attached hydrogens (primary N) is 1. The number of unbranched alkanes of at least 4 members (excludes halogenated alkanes) is 1. The average molecular weight is 279 g/mol. The van der Waals surface area contributed by atoms with Crippen LogP contribution in [-0.4, -0.2) is 11.6 Å². The molecule has 1 aromatic rings. The minimum absolute atomic E-state index is 0.527. The van der Waals surface area contributed by atoms with Crippen molar-refractivity contribution in [2.24, 2.45) is 11.7 Å². The fourth-order valence-corrected chi connectivity index (χ4v) is 2.18. The highest BCUT2D eigenvalue weighted by Crippen LogP contribution is 2.17. The fraction of sp³-hybridized carbons (Fsp3) is 0.562. The maximum Gasteiger partial charge on any atom is 0.119 e. The molecule has 0 saturated carbocycles. The van der Waals surface area contributed by atoms with Crippen molar-refractivity contribution < 1.29 is 4.74 Å². The first kappa shape index (κ1) is 16.0. The zero-order valence-corrected chi connectivity index (χ0v) is 12.8. The second-order valence-corrected chi connectivity index (χ2v) is 5.54. The van der Waals surface area contributed by atoms with Gasteiger partial charge in [0.05, 0.1) is 11.6 Å². The number of rotatable bonds is 9. The van der Waals surface area contributed by atoms with Gasteiger partial charge in [0.1, 0.15) is 5.75 Å². The van der Waals surface area contributed by atoms with E-state index in [0.717, 1.165) is 17.9 Å². The molecule has 0 aliphatic carbocycles. The molecule has 0 spiro atoms. The van der Waals surface area contributed by atoms with E-state index in [1.54, 1.807) is 0 Å². The third kappa shape index (κ3) is 6.58. The molecule has 19 heavy (non-hydrogen) atoms. The van der Waals surface area contributed by atoms with Crippen molar-refractivity contribution in [3.8, 4) is 5.75 Å². The van der Waals surface area contributed by atoms with Crippen LogP contribution in [-0.2, 0) is 6.42 Å². The van der Waals surface area contributed by atoms with E-state index in [2.05, 4.69) is 13.8 Å². The van der Waals surface area contributed by atoms with Crippen LogP contribution < -0.4 is 10.5 Å². The lowest BCUT2D eigenvalue weighted by molar-refractivity contribution is 0.233. The van der Waals surface area contributed by atoms with Crippen LogP contribution in [0.25, 0.3) is 0 Å². The molecule has 0 saturated heterocycles. The Balaban J connectivity index is 2.41. The van der Waals surface area contributed by atoms with Crippen LogP contribution in [0.2, 0.25) is 0 Å². The van der Waals surface area contributed by atoms with Crippen LogP contribution in [0.5, 0.6) is 5.75 Å². The number of ether oxygens (including phenoxy) is 1. The maximum atomic E-state index is 5.85. The maximum absolute atomic E-state index is 5.85. The van der Waals surface area contributed by atoms with Crippen molar-refractivity contribution >= 4 is 17.2 Å². The van der Waals surface area contributed by atoms with E-state index < -0.39 is 0 Å². The zero-order valence-electron chi connectivity index (χ0n) is 12.0. The standard InChI is InChI=1S/C16H25NOS/c1-3-5-6-13(4-2)12-18-15-9-7-14(8-10-15)11-16(17)19/h7-10,13H,3-6,11-12H2,1-2H3,(H2,17,19). The highest BCUT2D eigenvalue weighted by molar-refractivity contribution is 7.80. The molecule has 3 heteroatoms. The highest BCUT2D eigenvalue weighted by Gasteiger charge is 2.06. The Morgan fingerprint density at radius 1 is 1.26 bits per heavy atom. The average Bonchev–Trinajstić information content (AvgIpc) is 2.40. The summed E-state index contributed by atoms with van der Waals surface area (Å²) in [7, 11) is 0. The second-order valence-electron chi connectivity index (χ2n) is 5.01. The van der Waals surface area contributed by atoms with Gasteiger partial charge in [-0.3, -0.25) is 0 Å². The summed E-state index contributed by atoms with van der Waals surface area (Å²) in [6.07, 6.45) is 5.63. The number of hydrogen-bond donors (Lipinski definition) is 1. The van der Waals surface area contributed by atoms with E-state index in [1.807, 2.05) is 24.3 Å². The predicted octanol–water partition coefficient (Wildman–Crippen LogP) is 4.11. The molecule has 0 heterocycles. The molecule has 1 aromatic carbocycles. The summed E-state index contributed by atoms with van der Waals surface area (Å²) in [6, 6.07) is 8.06. The molecule has 2 N–H and O–H groups in total. The van der Waals surface area contributed by atoms with Crippen molar-refractivity contribution in [3.63, 3.8) is 0 Å². The van der Waals surface area contributed by atoms with E-state index in [9.17, 15) is 0 Å². The SMILES string of the molecule is CCCCC(CC)COc1ccc(CC(N)=S)cc1. The summed E-state index contributed by atoms with van der Waals surface area (Å²) in [5, 5.41) is 0. The van der Waals surface area contributed by atoms with Crippen LogP contribution >= 0.6 is 12.2 Å². The fourth-order valence-electron chi connectivity index (χ4n) is 2.02. The molecular weight excluding hydrogens is 254 g/mol. The van der Waals surface area contributed by atoms with Crippen LogP contribution in [0.3, 0.4) is 0 Å². The van der Waals surface area contributed by atoms with Crippen molar-refractivity contribution in [2.75, 3.05) is 6.61 Å². The van der Waals surface area contributed by atoms with Gasteiger partial charge >= 0.3 is 0 Å². The molecular formula is C16H25NOS. The molecule has 0 amide bonds. The largest absolute Gasteiger partial charge is 0.493 e.